The minimum atomic E-state index is -1.64. The molecule has 1 aliphatic rings. The van der Waals surface area contributed by atoms with Crippen molar-refractivity contribution in [2.45, 2.75) is 269 Å². The summed E-state index contributed by atoms with van der Waals surface area (Å²) < 4.78 is 17.6. The number of hydrogen-bond acceptors (Lipinski definition) is 10. The van der Waals surface area contributed by atoms with Crippen LogP contribution in [0.25, 0.3) is 0 Å². The summed E-state index contributed by atoms with van der Waals surface area (Å²) in [5.41, 5.74) is 0. The van der Waals surface area contributed by atoms with Gasteiger partial charge in [0.2, 0.25) is 5.91 Å². The molecule has 1 saturated heterocycles. The number of nitrogens with one attached hydrogen (secondary N) is 1. The predicted octanol–water partition coefficient (Wildman–Crippen LogP) is 14.3. The first-order chi connectivity index (χ1) is 37.7. The molecule has 0 radical (unpaired) electrons. The first kappa shape index (κ1) is 71.1. The number of rotatable bonds is 49. The molecule has 8 atom stereocenters. The normalized spacial score (nSPS) is 19.9. The smallest absolute Gasteiger partial charge is 0.306 e. The van der Waals surface area contributed by atoms with E-state index in [-0.39, 0.29) is 19.4 Å². The summed E-state index contributed by atoms with van der Waals surface area (Å²) in [7, 11) is 0. The first-order valence-electron chi connectivity index (χ1n) is 30.4. The van der Waals surface area contributed by atoms with E-state index in [2.05, 4.69) is 80.8 Å². The van der Waals surface area contributed by atoms with Gasteiger partial charge in [0.05, 0.1) is 25.4 Å². The third-order valence-electron chi connectivity index (χ3n) is 13.5. The van der Waals surface area contributed by atoms with Gasteiger partial charge in [-0.15, -0.1) is 0 Å². The molecule has 0 aliphatic carbocycles. The van der Waals surface area contributed by atoms with Crippen molar-refractivity contribution in [1.29, 1.82) is 0 Å². The number of unbranched alkanes of at least 4 members (excludes halogenated alkanes) is 21. The van der Waals surface area contributed by atoms with Crippen LogP contribution in [0, 0.1) is 0 Å². The summed E-state index contributed by atoms with van der Waals surface area (Å²) in [6, 6.07) is -1.07. The van der Waals surface area contributed by atoms with Gasteiger partial charge in [-0.3, -0.25) is 9.59 Å². The van der Waals surface area contributed by atoms with Gasteiger partial charge >= 0.3 is 5.97 Å². The van der Waals surface area contributed by atoms with Crippen molar-refractivity contribution in [2.24, 2.45) is 0 Å². The van der Waals surface area contributed by atoms with E-state index in [0.717, 1.165) is 96.3 Å². The topological polar surface area (TPSA) is 175 Å². The Labute approximate surface area is 468 Å². The Morgan fingerprint density at radius 1 is 0.532 bits per heavy atom. The summed E-state index contributed by atoms with van der Waals surface area (Å²) in [4.78, 5) is 26.5. The lowest BCUT2D eigenvalue weighted by Gasteiger charge is -2.41. The highest BCUT2D eigenvalue weighted by Gasteiger charge is 2.47. The van der Waals surface area contributed by atoms with Crippen molar-refractivity contribution in [3.8, 4) is 0 Å². The maximum absolute atomic E-state index is 13.3. The third kappa shape index (κ3) is 40.8. The lowest BCUT2D eigenvalue weighted by molar-refractivity contribution is -0.305. The summed E-state index contributed by atoms with van der Waals surface area (Å²) in [5, 5.41) is 56.8. The monoisotopic (exact) mass is 1080 g/mol. The Morgan fingerprint density at radius 3 is 1.52 bits per heavy atom. The summed E-state index contributed by atoms with van der Waals surface area (Å²) in [6.45, 7) is 5.54. The van der Waals surface area contributed by atoms with E-state index in [9.17, 15) is 35.1 Å². The van der Waals surface area contributed by atoms with Crippen LogP contribution in [-0.2, 0) is 23.8 Å². The summed E-state index contributed by atoms with van der Waals surface area (Å²) in [6.07, 6.45) is 62.5. The lowest BCUT2D eigenvalue weighted by Crippen LogP contribution is -2.61. The molecule has 0 aromatic heterocycles. The molecule has 0 aromatic rings. The Kier molecular flexibility index (Phi) is 48.7. The second-order valence-corrected chi connectivity index (χ2v) is 20.5. The van der Waals surface area contributed by atoms with E-state index >= 15 is 0 Å². The first-order valence-corrected chi connectivity index (χ1v) is 30.4. The highest BCUT2D eigenvalue weighted by molar-refractivity contribution is 5.80. The Morgan fingerprint density at radius 2 is 0.987 bits per heavy atom. The molecule has 0 saturated carbocycles. The molecule has 1 amide bonds. The van der Waals surface area contributed by atoms with E-state index in [1.54, 1.807) is 6.08 Å². The van der Waals surface area contributed by atoms with Crippen molar-refractivity contribution in [3.05, 3.63) is 122 Å². The number of esters is 1. The number of carbonyl (C=O) groups excluding carboxylic acids is 2. The number of amides is 1. The fraction of sp³-hybridized carbons (Fsp3) is 0.667. The summed E-state index contributed by atoms with van der Waals surface area (Å²) in [5.74, 6) is -1.29. The maximum Gasteiger partial charge on any atom is 0.306 e. The zero-order valence-corrected chi connectivity index (χ0v) is 48.3. The lowest BCUT2D eigenvalue weighted by atomic mass is 9.99. The minimum Gasteiger partial charge on any atom is -0.454 e. The summed E-state index contributed by atoms with van der Waals surface area (Å²) >= 11 is 0. The van der Waals surface area contributed by atoms with E-state index in [1.165, 1.54) is 77.0 Å². The van der Waals surface area contributed by atoms with Crippen LogP contribution in [0.1, 0.15) is 220 Å². The van der Waals surface area contributed by atoms with Crippen LogP contribution in [0.3, 0.4) is 0 Å². The molecule has 438 valence electrons. The van der Waals surface area contributed by atoms with Gasteiger partial charge in [0, 0.05) is 6.42 Å². The van der Waals surface area contributed by atoms with Crippen molar-refractivity contribution < 1.29 is 49.3 Å². The van der Waals surface area contributed by atoms with Crippen LogP contribution in [0.2, 0.25) is 0 Å². The maximum atomic E-state index is 13.3. The standard InChI is InChI=1S/C66H109NO10/c1-4-7-10-13-16-19-22-25-26-27-28-29-30-31-32-33-34-36-39-42-45-48-51-54-61(71)77-64-63(73)62(72)60(55-68)76-66(64)75-56-57(58(69)52-49-46-43-40-38-35-23-20-17-14-11-8-5-2)67-65(74)59(70)53-50-47-44-41-37-24-21-18-15-12-9-6-3/h9,12,15-16,18-19,21,24-26,28-29,31-32,37,41,44,47,49,52,57-60,62-64,66,68-70,72-73H,4-8,10-11,13-14,17,20,22-23,27,30,33-36,38-40,42-43,45-46,48,50-51,53-56H2,1-3H3,(H,67,74)/b12-9+,18-15+,19-16-,24-21-,26-25-,29-28-,32-31-,41-37-,47-44+,52-49+. The van der Waals surface area contributed by atoms with Crippen LogP contribution in [0.15, 0.2) is 122 Å². The quantitative estimate of drug-likeness (QED) is 0.0149. The molecule has 1 aliphatic heterocycles. The molecular weight excluding hydrogens is 967 g/mol. The van der Waals surface area contributed by atoms with Crippen molar-refractivity contribution in [1.82, 2.24) is 5.32 Å². The number of hydrogen-bond donors (Lipinski definition) is 6. The average molecular weight is 1080 g/mol. The van der Waals surface area contributed by atoms with E-state index < -0.39 is 67.4 Å². The van der Waals surface area contributed by atoms with Crippen molar-refractivity contribution in [3.63, 3.8) is 0 Å². The van der Waals surface area contributed by atoms with Gasteiger partial charge in [-0.05, 0) is 83.5 Å². The molecule has 11 nitrogen and oxygen atoms in total. The van der Waals surface area contributed by atoms with Crippen LogP contribution in [0.4, 0.5) is 0 Å². The Hall–Kier alpha value is -3.94. The highest BCUT2D eigenvalue weighted by atomic mass is 16.7. The van der Waals surface area contributed by atoms with Gasteiger partial charge in [0.1, 0.15) is 24.4 Å². The molecule has 6 N–H and O–H groups in total. The van der Waals surface area contributed by atoms with Crippen LogP contribution in [0.5, 0.6) is 0 Å². The van der Waals surface area contributed by atoms with Crippen LogP contribution >= 0.6 is 0 Å². The van der Waals surface area contributed by atoms with E-state index in [4.69, 9.17) is 14.2 Å². The highest BCUT2D eigenvalue weighted by Crippen LogP contribution is 2.26. The zero-order chi connectivity index (χ0) is 56.1. The second-order valence-electron chi connectivity index (χ2n) is 20.5. The van der Waals surface area contributed by atoms with Gasteiger partial charge in [-0.1, -0.05) is 251 Å². The molecule has 0 spiro atoms. The number of ether oxygens (including phenoxy) is 3. The zero-order valence-electron chi connectivity index (χ0n) is 48.3. The fourth-order valence-corrected chi connectivity index (χ4v) is 8.66. The molecule has 8 unspecified atom stereocenters. The van der Waals surface area contributed by atoms with Crippen LogP contribution in [-0.4, -0.2) is 99.6 Å². The number of carbonyl (C=O) groups is 2. The molecule has 77 heavy (non-hydrogen) atoms. The van der Waals surface area contributed by atoms with E-state index in [0.29, 0.717) is 12.8 Å². The van der Waals surface area contributed by atoms with Gasteiger partial charge in [0.25, 0.3) is 0 Å². The minimum absolute atomic E-state index is 0.0953. The number of aliphatic hydroxyl groups excluding tert-OH is 5. The molecule has 1 fully saturated rings. The third-order valence-corrected chi connectivity index (χ3v) is 13.5. The van der Waals surface area contributed by atoms with Gasteiger partial charge in [-0.2, -0.15) is 0 Å². The molecular formula is C66H109NO10. The predicted molar refractivity (Wildman–Crippen MR) is 319 cm³/mol. The SMILES string of the molecule is CC/C=C/C=C/C=C\C=C/C=C/CCC(O)C(=O)NC(COC1OC(CO)C(O)C(O)C1OC(=O)CCCCCCCCC/C=C\C/C=C\C/C=C\C/C=C\CCCCC)C(O)/C=C/CCCCCCCCCCCCC. The molecule has 11 heteroatoms. The van der Waals surface area contributed by atoms with Crippen LogP contribution < -0.4 is 5.32 Å². The van der Waals surface area contributed by atoms with Gasteiger partial charge in [0.15, 0.2) is 12.4 Å². The van der Waals surface area contributed by atoms with Crippen molar-refractivity contribution >= 4 is 11.9 Å². The Bertz CT molecular complexity index is 1710. The van der Waals surface area contributed by atoms with Gasteiger partial charge in [-0.25, -0.2) is 0 Å². The number of allylic oxidation sites excluding steroid dienone is 19. The van der Waals surface area contributed by atoms with Crippen molar-refractivity contribution in [2.75, 3.05) is 13.2 Å². The largest absolute Gasteiger partial charge is 0.454 e. The average Bonchev–Trinajstić information content (AvgIpc) is 3.43. The Balaban J connectivity index is 2.70. The second kappa shape index (κ2) is 52.7. The van der Waals surface area contributed by atoms with E-state index in [1.807, 2.05) is 60.8 Å². The van der Waals surface area contributed by atoms with Gasteiger partial charge < -0.3 is 45.1 Å². The fourth-order valence-electron chi connectivity index (χ4n) is 8.66. The molecule has 0 bridgehead atoms. The molecule has 1 heterocycles. The number of aliphatic hydroxyl groups is 5. The molecule has 1 rings (SSSR count). The molecule has 0 aromatic carbocycles.